The number of nitrogens with one attached hydrogen (secondary N) is 1. The number of aliphatic hydroxyl groups excluding tert-OH is 1. The van der Waals surface area contributed by atoms with E-state index in [0.29, 0.717) is 6.42 Å². The summed E-state index contributed by atoms with van der Waals surface area (Å²) in [6, 6.07) is 4.29. The number of hydrogen-bond donors (Lipinski definition) is 2. The summed E-state index contributed by atoms with van der Waals surface area (Å²) in [4.78, 5) is 12.5. The summed E-state index contributed by atoms with van der Waals surface area (Å²) in [5, 5.41) is 13.4. The van der Waals surface area contributed by atoms with E-state index in [0.717, 1.165) is 49.3 Å². The molecule has 0 aliphatic carbocycles. The topological polar surface area (TPSA) is 70.9 Å². The molecule has 1 aliphatic heterocycles. The number of halogens is 1. The highest BCUT2D eigenvalue weighted by atomic mass is 19.1. The average molecular weight is 356 g/mol. The Morgan fingerprint density at radius 1 is 1.23 bits per heavy atom. The molecule has 138 valence electrons. The number of fused-ring (bicyclic) bond motifs is 1. The van der Waals surface area contributed by atoms with E-state index in [2.05, 4.69) is 27.4 Å². The molecule has 0 saturated carbocycles. The van der Waals surface area contributed by atoms with Crippen LogP contribution < -0.4 is 5.32 Å². The van der Waals surface area contributed by atoms with E-state index in [1.807, 2.05) is 0 Å². The van der Waals surface area contributed by atoms with E-state index in [9.17, 15) is 9.50 Å². The second-order valence-corrected chi connectivity index (χ2v) is 6.58. The van der Waals surface area contributed by atoms with Crippen LogP contribution in [-0.2, 0) is 19.5 Å². The molecule has 1 atom stereocenters. The zero-order chi connectivity index (χ0) is 18.2. The smallest absolute Gasteiger partial charge is 0.159 e. The number of hydrogen-bond acceptors (Lipinski definition) is 5. The van der Waals surface area contributed by atoms with Crippen molar-refractivity contribution in [2.45, 2.75) is 51.3 Å². The summed E-state index contributed by atoms with van der Waals surface area (Å²) in [6.07, 6.45) is 11.9. The minimum Gasteiger partial charge on any atom is -0.389 e. The maximum Gasteiger partial charge on any atom is 0.159 e. The van der Waals surface area contributed by atoms with E-state index in [1.54, 1.807) is 24.5 Å². The molecule has 3 heterocycles. The largest absolute Gasteiger partial charge is 0.389 e. The van der Waals surface area contributed by atoms with Crippen LogP contribution in [0.25, 0.3) is 6.08 Å². The molecule has 5 nitrogen and oxygen atoms in total. The van der Waals surface area contributed by atoms with Crippen LogP contribution in [0.1, 0.15) is 48.3 Å². The van der Waals surface area contributed by atoms with Crippen LogP contribution in [0.15, 0.2) is 30.6 Å². The summed E-state index contributed by atoms with van der Waals surface area (Å²) in [6.45, 7) is 0.339. The number of aromatic nitrogens is 3. The van der Waals surface area contributed by atoms with E-state index < -0.39 is 12.8 Å². The quantitative estimate of drug-likeness (QED) is 0.709. The van der Waals surface area contributed by atoms with Crippen LogP contribution in [0.3, 0.4) is 0 Å². The highest BCUT2D eigenvalue weighted by molar-refractivity contribution is 5.47. The van der Waals surface area contributed by atoms with E-state index in [-0.39, 0.29) is 5.82 Å². The van der Waals surface area contributed by atoms with Crippen LogP contribution in [0.2, 0.25) is 0 Å². The van der Waals surface area contributed by atoms with E-state index >= 15 is 0 Å². The number of nitrogens with zero attached hydrogens (tertiary/aromatic N) is 3. The third kappa shape index (κ3) is 5.33. The summed E-state index contributed by atoms with van der Waals surface area (Å²) >= 11 is 0. The second kappa shape index (κ2) is 9.38. The third-order valence-electron chi connectivity index (χ3n) is 4.49. The predicted octanol–water partition coefficient (Wildman–Crippen LogP) is 3.49. The highest BCUT2D eigenvalue weighted by Crippen LogP contribution is 2.20. The average Bonchev–Trinajstić information content (AvgIpc) is 2.70. The van der Waals surface area contributed by atoms with Crippen molar-refractivity contribution in [3.8, 4) is 0 Å². The predicted molar refractivity (Wildman–Crippen MR) is 100 cm³/mol. The molecule has 6 heteroatoms. The number of unbranched alkanes of at least 4 members (excludes halogenated alkanes) is 1. The Hall–Kier alpha value is -2.34. The van der Waals surface area contributed by atoms with Crippen molar-refractivity contribution in [1.29, 1.82) is 0 Å². The first-order valence-electron chi connectivity index (χ1n) is 9.20. The van der Waals surface area contributed by atoms with Crippen LogP contribution in [0, 0.1) is 0 Å². The maximum atomic E-state index is 12.4. The Morgan fingerprint density at radius 2 is 2.08 bits per heavy atom. The van der Waals surface area contributed by atoms with E-state index in [4.69, 9.17) is 4.98 Å². The molecule has 1 unspecified atom stereocenters. The van der Waals surface area contributed by atoms with Crippen molar-refractivity contribution in [1.82, 2.24) is 15.0 Å². The van der Waals surface area contributed by atoms with Gasteiger partial charge in [0.05, 0.1) is 6.10 Å². The Morgan fingerprint density at radius 3 is 2.88 bits per heavy atom. The number of aryl methyl sites for hydroxylation is 2. The lowest BCUT2D eigenvalue weighted by Crippen LogP contribution is -2.14. The fourth-order valence-corrected chi connectivity index (χ4v) is 3.01. The Bertz CT molecular complexity index is 733. The molecule has 2 aromatic rings. The summed E-state index contributed by atoms with van der Waals surface area (Å²) in [5.74, 6) is 1.21. The molecule has 0 bridgehead atoms. The van der Waals surface area contributed by atoms with Crippen LogP contribution >= 0.6 is 0 Å². The molecule has 0 spiro atoms. The molecular formula is C20H25FN4O. The fraction of sp³-hybridized carbons (Fsp3) is 0.450. The van der Waals surface area contributed by atoms with Gasteiger partial charge < -0.3 is 10.4 Å². The number of aliphatic hydroxyl groups is 1. The molecule has 3 rings (SSSR count). The number of rotatable bonds is 8. The highest BCUT2D eigenvalue weighted by Gasteiger charge is 2.10. The first kappa shape index (κ1) is 18.5. The van der Waals surface area contributed by atoms with Crippen LogP contribution in [0.5, 0.6) is 0 Å². The summed E-state index contributed by atoms with van der Waals surface area (Å²) in [5.41, 5.74) is 3.17. The van der Waals surface area contributed by atoms with Gasteiger partial charge in [0.1, 0.15) is 12.5 Å². The lowest BCUT2D eigenvalue weighted by Gasteiger charge is -2.17. The summed E-state index contributed by atoms with van der Waals surface area (Å²) in [7, 11) is 0. The molecule has 0 radical (unpaired) electrons. The first-order valence-corrected chi connectivity index (χ1v) is 9.20. The van der Waals surface area contributed by atoms with Gasteiger partial charge in [-0.1, -0.05) is 24.6 Å². The van der Waals surface area contributed by atoms with Crippen LogP contribution in [-0.4, -0.2) is 32.7 Å². The van der Waals surface area contributed by atoms with Crippen molar-refractivity contribution >= 4 is 11.9 Å². The van der Waals surface area contributed by atoms with Gasteiger partial charge >= 0.3 is 0 Å². The zero-order valence-corrected chi connectivity index (χ0v) is 14.9. The molecular weight excluding hydrogens is 331 g/mol. The standard InChI is InChI=1S/C20H25FN4O/c21-12-19-23-13-15(14-24-19)7-10-18(26)6-2-1-5-17-9-8-16-4-3-11-22-20(16)25-17/h7-10,13-14,18,26H,1-6,11-12H2,(H,22,25)/b10-7+. The van der Waals surface area contributed by atoms with Crippen molar-refractivity contribution in [2.24, 2.45) is 0 Å². The Labute approximate surface area is 153 Å². The van der Waals surface area contributed by atoms with Gasteiger partial charge in [0.25, 0.3) is 0 Å². The molecule has 0 amide bonds. The molecule has 1 aliphatic rings. The van der Waals surface area contributed by atoms with Gasteiger partial charge in [-0.2, -0.15) is 0 Å². The lowest BCUT2D eigenvalue weighted by atomic mass is 10.0. The van der Waals surface area contributed by atoms with Gasteiger partial charge in [0.2, 0.25) is 0 Å². The molecule has 2 N–H and O–H groups in total. The van der Waals surface area contributed by atoms with Gasteiger partial charge in [-0.05, 0) is 43.7 Å². The van der Waals surface area contributed by atoms with Crippen molar-refractivity contribution in [3.63, 3.8) is 0 Å². The van der Waals surface area contributed by atoms with Gasteiger partial charge in [0.15, 0.2) is 5.82 Å². The molecule has 26 heavy (non-hydrogen) atoms. The van der Waals surface area contributed by atoms with Gasteiger partial charge in [0, 0.05) is 30.2 Å². The minimum atomic E-state index is -0.665. The second-order valence-electron chi connectivity index (χ2n) is 6.58. The molecule has 2 aromatic heterocycles. The minimum absolute atomic E-state index is 0.175. The molecule has 0 saturated heterocycles. The van der Waals surface area contributed by atoms with Gasteiger partial charge in [-0.15, -0.1) is 0 Å². The maximum absolute atomic E-state index is 12.4. The summed E-state index contributed by atoms with van der Waals surface area (Å²) < 4.78 is 12.4. The lowest BCUT2D eigenvalue weighted by molar-refractivity contribution is 0.209. The Kier molecular flexibility index (Phi) is 6.66. The van der Waals surface area contributed by atoms with Crippen LogP contribution in [0.4, 0.5) is 10.2 Å². The molecule has 0 fully saturated rings. The van der Waals surface area contributed by atoms with Crippen molar-refractivity contribution < 1.29 is 9.50 Å². The fourth-order valence-electron chi connectivity index (χ4n) is 3.01. The third-order valence-corrected chi connectivity index (χ3v) is 4.49. The first-order chi connectivity index (χ1) is 12.7. The van der Waals surface area contributed by atoms with Crippen molar-refractivity contribution in [3.05, 3.63) is 53.2 Å². The van der Waals surface area contributed by atoms with E-state index in [1.165, 1.54) is 12.0 Å². The number of alkyl halides is 1. The monoisotopic (exact) mass is 356 g/mol. The number of pyridine rings is 1. The number of anilines is 1. The normalized spacial score (nSPS) is 14.8. The zero-order valence-electron chi connectivity index (χ0n) is 14.9. The van der Waals surface area contributed by atoms with Crippen molar-refractivity contribution in [2.75, 3.05) is 11.9 Å². The van der Waals surface area contributed by atoms with Gasteiger partial charge in [-0.3, -0.25) is 0 Å². The molecule has 0 aromatic carbocycles. The SMILES string of the molecule is OC(/C=C/c1cnc(CF)nc1)CCCCc1ccc2c(n1)NCCC2. The Balaban J connectivity index is 1.39. The van der Waals surface area contributed by atoms with Gasteiger partial charge in [-0.25, -0.2) is 19.3 Å².